The van der Waals surface area contributed by atoms with E-state index < -0.39 is 0 Å². The largest absolute Gasteiger partial charge is 0.457 e. The van der Waals surface area contributed by atoms with Crippen LogP contribution in [-0.4, -0.2) is 27.4 Å². The van der Waals surface area contributed by atoms with E-state index in [1.807, 2.05) is 90.5 Å². The zero-order chi connectivity index (χ0) is 20.8. The summed E-state index contributed by atoms with van der Waals surface area (Å²) in [6.07, 6.45) is 1.59. The molecule has 0 saturated carbocycles. The van der Waals surface area contributed by atoms with E-state index in [-0.39, 0.29) is 11.7 Å². The third-order valence-electron chi connectivity index (χ3n) is 4.32. The number of aromatic nitrogens is 2. The molecule has 1 aromatic heterocycles. The van der Waals surface area contributed by atoms with Crippen LogP contribution in [0.3, 0.4) is 0 Å². The van der Waals surface area contributed by atoms with Gasteiger partial charge < -0.3 is 9.30 Å². The number of fused-ring (bicyclic) bond motifs is 1. The molecule has 0 unspecified atom stereocenters. The van der Waals surface area contributed by atoms with Crippen molar-refractivity contribution in [3.63, 3.8) is 0 Å². The lowest BCUT2D eigenvalue weighted by atomic mass is 10.2. The van der Waals surface area contributed by atoms with Gasteiger partial charge in [-0.1, -0.05) is 54.2 Å². The van der Waals surface area contributed by atoms with Crippen LogP contribution in [0.2, 0.25) is 0 Å². The molecule has 0 aliphatic rings. The maximum absolute atomic E-state index is 12.1. The summed E-state index contributed by atoms with van der Waals surface area (Å²) < 4.78 is 7.79. The normalized spacial score (nSPS) is 11.1. The topological polar surface area (TPSA) is 68.5 Å². The molecule has 3 aromatic carbocycles. The van der Waals surface area contributed by atoms with Crippen LogP contribution in [0.15, 0.2) is 89.1 Å². The van der Waals surface area contributed by atoms with Gasteiger partial charge in [0.2, 0.25) is 0 Å². The maximum atomic E-state index is 12.1. The van der Waals surface area contributed by atoms with Gasteiger partial charge in [0.25, 0.3) is 5.91 Å². The lowest BCUT2D eigenvalue weighted by Gasteiger charge is -2.05. The number of amides is 1. The molecule has 4 rings (SSSR count). The van der Waals surface area contributed by atoms with Gasteiger partial charge in [-0.05, 0) is 42.0 Å². The third-order valence-corrected chi connectivity index (χ3v) is 5.35. The number of para-hydroxylation sites is 3. The van der Waals surface area contributed by atoms with Crippen molar-refractivity contribution in [1.82, 2.24) is 15.0 Å². The summed E-state index contributed by atoms with van der Waals surface area (Å²) in [7, 11) is 1.94. The average molecular weight is 417 g/mol. The number of aryl methyl sites for hydroxylation is 1. The monoisotopic (exact) mass is 416 g/mol. The van der Waals surface area contributed by atoms with E-state index in [0.29, 0.717) is 5.75 Å². The zero-order valence-electron chi connectivity index (χ0n) is 16.4. The smallest absolute Gasteiger partial charge is 0.250 e. The molecule has 4 aromatic rings. The van der Waals surface area contributed by atoms with Crippen molar-refractivity contribution in [2.75, 3.05) is 5.75 Å². The highest BCUT2D eigenvalue weighted by molar-refractivity contribution is 7.99. The van der Waals surface area contributed by atoms with Crippen LogP contribution >= 0.6 is 11.8 Å². The first-order valence-electron chi connectivity index (χ1n) is 9.38. The predicted octanol–water partition coefficient (Wildman–Crippen LogP) is 4.61. The molecule has 0 saturated heterocycles. The number of rotatable bonds is 7. The Balaban J connectivity index is 1.31. The van der Waals surface area contributed by atoms with Crippen LogP contribution in [0, 0.1) is 0 Å². The number of nitrogens with one attached hydrogen (secondary N) is 1. The fourth-order valence-electron chi connectivity index (χ4n) is 2.88. The van der Waals surface area contributed by atoms with Crippen molar-refractivity contribution in [3.05, 3.63) is 84.4 Å². The van der Waals surface area contributed by atoms with Gasteiger partial charge in [0.05, 0.1) is 23.0 Å². The highest BCUT2D eigenvalue weighted by Crippen LogP contribution is 2.23. The summed E-state index contributed by atoms with van der Waals surface area (Å²) in [5, 5.41) is 4.84. The van der Waals surface area contributed by atoms with Crippen molar-refractivity contribution in [2.45, 2.75) is 5.16 Å². The Morgan fingerprint density at radius 2 is 1.83 bits per heavy atom. The number of benzene rings is 3. The van der Waals surface area contributed by atoms with E-state index in [1.165, 1.54) is 11.8 Å². The molecule has 1 heterocycles. The van der Waals surface area contributed by atoms with Gasteiger partial charge in [-0.15, -0.1) is 0 Å². The van der Waals surface area contributed by atoms with Crippen LogP contribution in [0.1, 0.15) is 5.56 Å². The average Bonchev–Trinajstić information content (AvgIpc) is 3.09. The second-order valence-electron chi connectivity index (χ2n) is 6.51. The first-order valence-corrected chi connectivity index (χ1v) is 10.4. The standard InChI is InChI=1S/C23H20N4O2S/c1-27-21-13-6-5-12-20(21)25-23(27)30-16-22(28)26-24-15-17-8-7-11-19(14-17)29-18-9-3-2-4-10-18/h2-15H,16H2,1H3,(H,26,28)/b24-15-. The Hall–Kier alpha value is -3.58. The SMILES string of the molecule is Cn1c(SCC(=O)N/N=C\c2cccc(Oc3ccccc3)c2)nc2ccccc21. The number of hydrogen-bond acceptors (Lipinski definition) is 5. The number of imidazole rings is 1. The quantitative estimate of drug-likeness (QED) is 0.271. The number of nitrogens with zero attached hydrogens (tertiary/aromatic N) is 3. The Kier molecular flexibility index (Phi) is 6.10. The molecule has 0 fully saturated rings. The van der Waals surface area contributed by atoms with E-state index in [0.717, 1.165) is 27.5 Å². The molecule has 0 aliphatic heterocycles. The molecule has 0 bridgehead atoms. The number of thioether (sulfide) groups is 1. The van der Waals surface area contributed by atoms with Crippen molar-refractivity contribution in [3.8, 4) is 11.5 Å². The van der Waals surface area contributed by atoms with E-state index >= 15 is 0 Å². The maximum Gasteiger partial charge on any atom is 0.250 e. The molecule has 1 N–H and O–H groups in total. The van der Waals surface area contributed by atoms with Crippen molar-refractivity contribution >= 4 is 34.9 Å². The number of hydrogen-bond donors (Lipinski definition) is 1. The summed E-state index contributed by atoms with van der Waals surface area (Å²) in [6.45, 7) is 0. The third kappa shape index (κ3) is 4.87. The number of hydrazone groups is 1. The molecule has 7 heteroatoms. The lowest BCUT2D eigenvalue weighted by Crippen LogP contribution is -2.19. The first-order chi connectivity index (χ1) is 14.7. The predicted molar refractivity (Wildman–Crippen MR) is 120 cm³/mol. The van der Waals surface area contributed by atoms with Crippen molar-refractivity contribution in [2.24, 2.45) is 12.1 Å². The molecule has 0 aliphatic carbocycles. The van der Waals surface area contributed by atoms with Crippen LogP contribution in [-0.2, 0) is 11.8 Å². The van der Waals surface area contributed by atoms with E-state index in [4.69, 9.17) is 4.74 Å². The molecular formula is C23H20N4O2S. The van der Waals surface area contributed by atoms with Gasteiger partial charge in [-0.3, -0.25) is 4.79 Å². The van der Waals surface area contributed by atoms with Gasteiger partial charge in [-0.2, -0.15) is 5.10 Å². The van der Waals surface area contributed by atoms with Gasteiger partial charge in [0, 0.05) is 7.05 Å². The Bertz CT molecular complexity index is 1190. The van der Waals surface area contributed by atoms with Crippen LogP contribution in [0.5, 0.6) is 11.5 Å². The van der Waals surface area contributed by atoms with E-state index in [2.05, 4.69) is 15.5 Å². The van der Waals surface area contributed by atoms with Gasteiger partial charge >= 0.3 is 0 Å². The lowest BCUT2D eigenvalue weighted by molar-refractivity contribution is -0.118. The molecule has 0 spiro atoms. The van der Waals surface area contributed by atoms with Gasteiger partial charge in [0.15, 0.2) is 5.16 Å². The Labute approximate surface area is 178 Å². The van der Waals surface area contributed by atoms with E-state index in [9.17, 15) is 4.79 Å². The van der Waals surface area contributed by atoms with Gasteiger partial charge in [-0.25, -0.2) is 10.4 Å². The minimum absolute atomic E-state index is 0.194. The second-order valence-corrected chi connectivity index (χ2v) is 7.45. The number of carbonyl (C=O) groups excluding carboxylic acids is 1. The molecule has 0 radical (unpaired) electrons. The summed E-state index contributed by atoms with van der Waals surface area (Å²) in [5.74, 6) is 1.50. The second kappa shape index (κ2) is 9.28. The molecule has 30 heavy (non-hydrogen) atoms. The van der Waals surface area contributed by atoms with Crippen molar-refractivity contribution in [1.29, 1.82) is 0 Å². The summed E-state index contributed by atoms with van der Waals surface area (Å²) in [5.41, 5.74) is 5.33. The molecule has 0 atom stereocenters. The highest BCUT2D eigenvalue weighted by atomic mass is 32.2. The van der Waals surface area contributed by atoms with Crippen LogP contribution in [0.25, 0.3) is 11.0 Å². The number of carbonyl (C=O) groups is 1. The zero-order valence-corrected chi connectivity index (χ0v) is 17.2. The van der Waals surface area contributed by atoms with Gasteiger partial charge in [0.1, 0.15) is 11.5 Å². The summed E-state index contributed by atoms with van der Waals surface area (Å²) in [6, 6.07) is 24.9. The Morgan fingerprint density at radius 3 is 2.67 bits per heavy atom. The molecule has 150 valence electrons. The molecular weight excluding hydrogens is 396 g/mol. The summed E-state index contributed by atoms with van der Waals surface area (Å²) in [4.78, 5) is 16.7. The Morgan fingerprint density at radius 1 is 1.07 bits per heavy atom. The minimum atomic E-state index is -0.194. The fourth-order valence-corrected chi connectivity index (χ4v) is 3.66. The summed E-state index contributed by atoms with van der Waals surface area (Å²) >= 11 is 1.38. The first kappa shape index (κ1) is 19.7. The number of ether oxygens (including phenoxy) is 1. The minimum Gasteiger partial charge on any atom is -0.457 e. The molecule has 1 amide bonds. The fraction of sp³-hybridized carbons (Fsp3) is 0.0870. The molecule has 6 nitrogen and oxygen atoms in total. The van der Waals surface area contributed by atoms with Crippen LogP contribution < -0.4 is 10.2 Å². The van der Waals surface area contributed by atoms with E-state index in [1.54, 1.807) is 6.21 Å². The highest BCUT2D eigenvalue weighted by Gasteiger charge is 2.09. The van der Waals surface area contributed by atoms with Crippen molar-refractivity contribution < 1.29 is 9.53 Å². The van der Waals surface area contributed by atoms with Crippen LogP contribution in [0.4, 0.5) is 0 Å².